The first-order valence-corrected chi connectivity index (χ1v) is 9.83. The van der Waals surface area contributed by atoms with E-state index in [-0.39, 0.29) is 30.5 Å². The number of halogens is 4. The topological polar surface area (TPSA) is 68.0 Å². The predicted molar refractivity (Wildman–Crippen MR) is 121 cm³/mol. The normalized spacial score (nSPS) is 16.1. The highest BCUT2D eigenvalue weighted by molar-refractivity contribution is 14.0. The molecule has 2 N–H and O–H groups in total. The summed E-state index contributed by atoms with van der Waals surface area (Å²) in [4.78, 5) is 4.44. The lowest BCUT2D eigenvalue weighted by atomic mass is 10.1. The summed E-state index contributed by atoms with van der Waals surface area (Å²) in [5.74, 6) is 0.702. The number of hydrogen-bond acceptors (Lipinski definition) is 4. The Labute approximate surface area is 196 Å². The number of nitrogens with zero attached hydrogens (tertiary/aromatic N) is 1. The molecule has 1 fully saturated rings. The van der Waals surface area contributed by atoms with Crippen molar-refractivity contribution in [1.82, 2.24) is 10.6 Å². The van der Waals surface area contributed by atoms with Crippen LogP contribution < -0.4 is 10.6 Å². The smallest absolute Gasteiger partial charge is 0.416 e. The number of aliphatic imine (C=N–C) groups is 1. The number of nitrogens with one attached hydrogen (secondary N) is 2. The molecule has 6 nitrogen and oxygen atoms in total. The number of guanidine groups is 1. The van der Waals surface area contributed by atoms with Crippen molar-refractivity contribution in [2.45, 2.75) is 38.3 Å². The van der Waals surface area contributed by atoms with Gasteiger partial charge in [0.15, 0.2) is 11.7 Å². The van der Waals surface area contributed by atoms with Crippen LogP contribution in [0, 0.1) is 0 Å². The number of ether oxygens (including phenoxy) is 2. The highest BCUT2D eigenvalue weighted by Crippen LogP contribution is 2.29. The van der Waals surface area contributed by atoms with E-state index < -0.39 is 17.5 Å². The summed E-state index contributed by atoms with van der Waals surface area (Å²) in [7, 11) is 0. The monoisotopic (exact) mass is 553 g/mol. The molecule has 1 aliphatic heterocycles. The van der Waals surface area contributed by atoms with Crippen LogP contribution in [0.4, 0.5) is 13.2 Å². The Morgan fingerprint density at radius 1 is 1.10 bits per heavy atom. The fourth-order valence-corrected chi connectivity index (χ4v) is 3.06. The van der Waals surface area contributed by atoms with Gasteiger partial charge < -0.3 is 24.5 Å². The van der Waals surface area contributed by atoms with Crippen molar-refractivity contribution in [3.63, 3.8) is 0 Å². The first-order valence-electron chi connectivity index (χ1n) is 9.83. The Morgan fingerprint density at radius 2 is 1.84 bits per heavy atom. The van der Waals surface area contributed by atoms with Gasteiger partial charge in [0, 0.05) is 25.9 Å². The molecular weight excluding hydrogens is 526 g/mol. The van der Waals surface area contributed by atoms with Gasteiger partial charge in [0.05, 0.1) is 31.6 Å². The van der Waals surface area contributed by atoms with Crippen LogP contribution in [0.1, 0.15) is 30.2 Å². The lowest BCUT2D eigenvalue weighted by Crippen LogP contribution is -2.41. The third kappa shape index (κ3) is 8.34. The van der Waals surface area contributed by atoms with Gasteiger partial charge in [-0.3, -0.25) is 0 Å². The fraction of sp³-hybridized carbons (Fsp3) is 0.476. The van der Waals surface area contributed by atoms with E-state index in [1.165, 1.54) is 6.07 Å². The maximum Gasteiger partial charge on any atom is 0.416 e. The maximum atomic E-state index is 12.9. The Morgan fingerprint density at radius 3 is 2.52 bits per heavy atom. The molecule has 0 amide bonds. The number of benzene rings is 1. The second kappa shape index (κ2) is 11.7. The van der Waals surface area contributed by atoms with Crippen molar-refractivity contribution < 1.29 is 27.1 Å². The summed E-state index contributed by atoms with van der Waals surface area (Å²) in [6, 6.07) is 8.88. The predicted octanol–water partition coefficient (Wildman–Crippen LogP) is 4.35. The van der Waals surface area contributed by atoms with Crippen molar-refractivity contribution in [2.75, 3.05) is 26.3 Å². The summed E-state index contributed by atoms with van der Waals surface area (Å²) >= 11 is 0. The second-order valence-corrected chi connectivity index (χ2v) is 7.13. The molecular formula is C21H27F3IN3O3. The molecule has 0 unspecified atom stereocenters. The first kappa shape index (κ1) is 25.5. The molecule has 10 heteroatoms. The lowest BCUT2D eigenvalue weighted by molar-refractivity contribution is -0.145. The minimum absolute atomic E-state index is 0. The van der Waals surface area contributed by atoms with E-state index >= 15 is 0 Å². The molecule has 1 aromatic heterocycles. The first-order chi connectivity index (χ1) is 14.3. The molecule has 3 rings (SSSR count). The molecule has 0 radical (unpaired) electrons. The zero-order chi connectivity index (χ0) is 21.5. The molecule has 2 heterocycles. The van der Waals surface area contributed by atoms with Crippen LogP contribution in [-0.2, 0) is 28.6 Å². The number of rotatable bonds is 8. The van der Waals surface area contributed by atoms with Gasteiger partial charge in [-0.2, -0.15) is 13.2 Å². The SMILES string of the molecule is CC1(CCNC(=NCc2cccc(C(F)(F)F)c2)NCCc2ccco2)OCCO1.I. The Hall–Kier alpha value is -1.79. The minimum Gasteiger partial charge on any atom is -0.469 e. The van der Waals surface area contributed by atoms with Crippen LogP contribution in [0.5, 0.6) is 0 Å². The zero-order valence-electron chi connectivity index (χ0n) is 17.2. The summed E-state index contributed by atoms with van der Waals surface area (Å²) < 4.78 is 55.3. The fourth-order valence-electron chi connectivity index (χ4n) is 3.06. The average Bonchev–Trinajstić information content (AvgIpc) is 3.37. The van der Waals surface area contributed by atoms with E-state index in [0.29, 0.717) is 50.7 Å². The lowest BCUT2D eigenvalue weighted by Gasteiger charge is -2.23. The summed E-state index contributed by atoms with van der Waals surface area (Å²) in [5.41, 5.74) is -0.203. The van der Waals surface area contributed by atoms with Gasteiger partial charge in [0.1, 0.15) is 5.76 Å². The van der Waals surface area contributed by atoms with Gasteiger partial charge in [0.25, 0.3) is 0 Å². The molecule has 172 valence electrons. The summed E-state index contributed by atoms with van der Waals surface area (Å²) in [5, 5.41) is 6.38. The molecule has 1 saturated heterocycles. The molecule has 0 bridgehead atoms. The van der Waals surface area contributed by atoms with Crippen LogP contribution in [0.2, 0.25) is 0 Å². The highest BCUT2D eigenvalue weighted by Gasteiger charge is 2.31. The second-order valence-electron chi connectivity index (χ2n) is 7.13. The third-order valence-electron chi connectivity index (χ3n) is 4.69. The molecule has 31 heavy (non-hydrogen) atoms. The molecule has 2 aromatic rings. The molecule has 0 aliphatic carbocycles. The Bertz CT molecular complexity index is 823. The molecule has 1 aliphatic rings. The van der Waals surface area contributed by atoms with Crippen LogP contribution in [0.15, 0.2) is 52.1 Å². The van der Waals surface area contributed by atoms with E-state index in [1.807, 2.05) is 19.1 Å². The summed E-state index contributed by atoms with van der Waals surface area (Å²) in [6.45, 7) is 4.22. The van der Waals surface area contributed by atoms with Crippen molar-refractivity contribution >= 4 is 29.9 Å². The minimum atomic E-state index is -4.38. The van der Waals surface area contributed by atoms with Crippen LogP contribution in [-0.4, -0.2) is 38.0 Å². The molecule has 0 atom stereocenters. The van der Waals surface area contributed by atoms with Crippen molar-refractivity contribution in [3.8, 4) is 0 Å². The number of alkyl halides is 3. The van der Waals surface area contributed by atoms with E-state index in [0.717, 1.165) is 17.9 Å². The molecule has 0 saturated carbocycles. The third-order valence-corrected chi connectivity index (χ3v) is 4.69. The van der Waals surface area contributed by atoms with Crippen molar-refractivity contribution in [1.29, 1.82) is 0 Å². The standard InChI is InChI=1S/C21H26F3N3O3.HI/c1-20(29-12-13-30-20)8-10-26-19(25-9-7-18-6-3-11-28-18)27-15-16-4-2-5-17(14-16)21(22,23)24;/h2-6,11,14H,7-10,12-13,15H2,1H3,(H2,25,26,27);1H. The van der Waals surface area contributed by atoms with Crippen molar-refractivity contribution in [2.24, 2.45) is 4.99 Å². The largest absolute Gasteiger partial charge is 0.469 e. The Kier molecular flexibility index (Phi) is 9.63. The van der Waals surface area contributed by atoms with Gasteiger partial charge in [0.2, 0.25) is 0 Å². The van der Waals surface area contributed by atoms with Gasteiger partial charge in [-0.25, -0.2) is 4.99 Å². The van der Waals surface area contributed by atoms with E-state index in [2.05, 4.69) is 15.6 Å². The van der Waals surface area contributed by atoms with Gasteiger partial charge in [-0.1, -0.05) is 12.1 Å². The quantitative estimate of drug-likeness (QED) is 0.289. The Balaban J connectivity index is 0.00000341. The number of hydrogen-bond donors (Lipinski definition) is 2. The molecule has 0 spiro atoms. The van der Waals surface area contributed by atoms with Gasteiger partial charge in [-0.05, 0) is 36.8 Å². The molecule has 1 aromatic carbocycles. The van der Waals surface area contributed by atoms with E-state index in [9.17, 15) is 13.2 Å². The van der Waals surface area contributed by atoms with Gasteiger partial charge in [-0.15, -0.1) is 24.0 Å². The average molecular weight is 553 g/mol. The maximum absolute atomic E-state index is 12.9. The van der Waals surface area contributed by atoms with Crippen LogP contribution >= 0.6 is 24.0 Å². The highest BCUT2D eigenvalue weighted by atomic mass is 127. The zero-order valence-corrected chi connectivity index (χ0v) is 19.5. The number of furan rings is 1. The summed E-state index contributed by atoms with van der Waals surface area (Å²) in [6.07, 6.45) is -1.51. The van der Waals surface area contributed by atoms with Gasteiger partial charge >= 0.3 is 6.18 Å². The van der Waals surface area contributed by atoms with Crippen LogP contribution in [0.3, 0.4) is 0 Å². The van der Waals surface area contributed by atoms with E-state index in [1.54, 1.807) is 12.3 Å². The van der Waals surface area contributed by atoms with Crippen LogP contribution in [0.25, 0.3) is 0 Å². The van der Waals surface area contributed by atoms with Crippen molar-refractivity contribution in [3.05, 3.63) is 59.5 Å². The van der Waals surface area contributed by atoms with E-state index in [4.69, 9.17) is 13.9 Å².